The summed E-state index contributed by atoms with van der Waals surface area (Å²) in [6.45, 7) is 5.70. The summed E-state index contributed by atoms with van der Waals surface area (Å²) in [5.74, 6) is 1.42. The molecule has 0 aromatic heterocycles. The zero-order valence-electron chi connectivity index (χ0n) is 14.3. The van der Waals surface area contributed by atoms with E-state index >= 15 is 0 Å². The molecule has 0 bridgehead atoms. The van der Waals surface area contributed by atoms with Crippen LogP contribution in [0.4, 0.5) is 0 Å². The molecule has 1 aromatic carbocycles. The quantitative estimate of drug-likeness (QED) is 0.418. The molecule has 3 rings (SSSR count). The van der Waals surface area contributed by atoms with Gasteiger partial charge in [0.05, 0.1) is 0 Å². The number of likely N-dealkylation sites (tertiary alicyclic amines) is 1. The molecule has 0 radical (unpaired) electrons. The van der Waals surface area contributed by atoms with E-state index in [-0.39, 0.29) is 36.4 Å². The lowest BCUT2D eigenvalue weighted by atomic mass is 9.78. The summed E-state index contributed by atoms with van der Waals surface area (Å²) >= 11 is 0. The van der Waals surface area contributed by atoms with Crippen molar-refractivity contribution in [3.05, 3.63) is 35.4 Å². The van der Waals surface area contributed by atoms with Crippen molar-refractivity contribution in [2.24, 2.45) is 4.99 Å². The van der Waals surface area contributed by atoms with Gasteiger partial charge in [-0.3, -0.25) is 4.79 Å². The van der Waals surface area contributed by atoms with Crippen LogP contribution >= 0.6 is 24.0 Å². The molecule has 1 aromatic rings. The number of fused-ring (bicyclic) bond motifs is 1. The van der Waals surface area contributed by atoms with Gasteiger partial charge in [0.1, 0.15) is 6.54 Å². The Bertz CT molecular complexity index is 584. The molecule has 1 aliphatic heterocycles. The third kappa shape index (κ3) is 4.62. The van der Waals surface area contributed by atoms with Gasteiger partial charge in [-0.1, -0.05) is 24.3 Å². The Balaban J connectivity index is 0.00000208. The average molecular weight is 442 g/mol. The predicted molar refractivity (Wildman–Crippen MR) is 108 cm³/mol. The maximum Gasteiger partial charge on any atom is 0.244 e. The molecule has 1 unspecified atom stereocenters. The molecule has 5 nitrogen and oxygen atoms in total. The molecule has 6 heteroatoms. The summed E-state index contributed by atoms with van der Waals surface area (Å²) < 4.78 is 0. The highest BCUT2D eigenvalue weighted by molar-refractivity contribution is 14.0. The maximum atomic E-state index is 12.1. The largest absolute Gasteiger partial charge is 0.357 e. The molecule has 1 fully saturated rings. The molecule has 1 heterocycles. The Morgan fingerprint density at radius 3 is 2.71 bits per heavy atom. The molecule has 132 valence electrons. The molecule has 0 saturated carbocycles. The number of hydrogen-bond donors (Lipinski definition) is 2. The van der Waals surface area contributed by atoms with Gasteiger partial charge in [-0.25, -0.2) is 4.99 Å². The zero-order chi connectivity index (χ0) is 16.1. The fourth-order valence-electron chi connectivity index (χ4n) is 3.32. The summed E-state index contributed by atoms with van der Waals surface area (Å²) in [7, 11) is 0. The zero-order valence-corrected chi connectivity index (χ0v) is 16.6. The molecule has 2 N–H and O–H groups in total. The van der Waals surface area contributed by atoms with Crippen LogP contribution in [-0.2, 0) is 11.2 Å². The minimum atomic E-state index is 0. The average Bonchev–Trinajstić information content (AvgIpc) is 3.07. The molecule has 24 heavy (non-hydrogen) atoms. The number of amides is 1. The van der Waals surface area contributed by atoms with Crippen molar-refractivity contribution in [1.82, 2.24) is 15.5 Å². The van der Waals surface area contributed by atoms with Crippen LogP contribution in [-0.4, -0.2) is 49.5 Å². The van der Waals surface area contributed by atoms with Crippen molar-refractivity contribution >= 4 is 35.8 Å². The number of halogens is 1. The minimum absolute atomic E-state index is 0. The number of rotatable bonds is 5. The number of nitrogens with zero attached hydrogens (tertiary/aromatic N) is 2. The maximum absolute atomic E-state index is 12.1. The van der Waals surface area contributed by atoms with E-state index in [2.05, 4.69) is 39.9 Å². The highest BCUT2D eigenvalue weighted by atomic mass is 127. The van der Waals surface area contributed by atoms with E-state index in [0.717, 1.165) is 51.4 Å². The van der Waals surface area contributed by atoms with Crippen LogP contribution in [0.15, 0.2) is 29.3 Å². The second kappa shape index (κ2) is 9.25. The number of hydrogen-bond acceptors (Lipinski definition) is 2. The Labute approximate surface area is 161 Å². The first-order valence-electron chi connectivity index (χ1n) is 8.65. The molecule has 1 saturated heterocycles. The smallest absolute Gasteiger partial charge is 0.244 e. The van der Waals surface area contributed by atoms with Crippen molar-refractivity contribution < 1.29 is 4.79 Å². The van der Waals surface area contributed by atoms with Crippen molar-refractivity contribution in [2.75, 3.05) is 32.7 Å². The standard InChI is InChI=1S/C18H26N4O.HI/c1-2-19-18(21-13-17(23)22-9-5-6-10-22)20-12-15-11-14-7-3-4-8-16(14)15;/h3-4,7-8,15H,2,5-6,9-13H2,1H3,(H2,19,20,21);1H. The Morgan fingerprint density at radius 2 is 2.00 bits per heavy atom. The van der Waals surface area contributed by atoms with Gasteiger partial charge in [-0.15, -0.1) is 24.0 Å². The van der Waals surface area contributed by atoms with Crippen LogP contribution in [0.2, 0.25) is 0 Å². The summed E-state index contributed by atoms with van der Waals surface area (Å²) in [6.07, 6.45) is 3.36. The second-order valence-corrected chi connectivity index (χ2v) is 6.26. The third-order valence-electron chi connectivity index (χ3n) is 4.65. The minimum Gasteiger partial charge on any atom is -0.357 e. The van der Waals surface area contributed by atoms with Crippen LogP contribution in [0.3, 0.4) is 0 Å². The van der Waals surface area contributed by atoms with Crippen molar-refractivity contribution in [1.29, 1.82) is 0 Å². The highest BCUT2D eigenvalue weighted by Gasteiger charge is 2.25. The summed E-state index contributed by atoms with van der Waals surface area (Å²) in [6, 6.07) is 8.59. The Morgan fingerprint density at radius 1 is 1.25 bits per heavy atom. The molecular formula is C18H27IN4O. The lowest BCUT2D eigenvalue weighted by Gasteiger charge is -2.30. The van der Waals surface area contributed by atoms with Crippen LogP contribution < -0.4 is 10.6 Å². The molecular weight excluding hydrogens is 415 g/mol. The molecule has 1 amide bonds. The first kappa shape index (κ1) is 19.0. The first-order valence-corrected chi connectivity index (χ1v) is 8.65. The Kier molecular flexibility index (Phi) is 7.33. The van der Waals surface area contributed by atoms with Gasteiger partial charge in [-0.2, -0.15) is 0 Å². The normalized spacial score (nSPS) is 19.1. The summed E-state index contributed by atoms with van der Waals surface area (Å²) in [5.41, 5.74) is 2.88. The molecule has 1 atom stereocenters. The van der Waals surface area contributed by atoms with E-state index in [9.17, 15) is 4.79 Å². The fraction of sp³-hybridized carbons (Fsp3) is 0.556. The lowest BCUT2D eigenvalue weighted by molar-refractivity contribution is -0.128. The molecule has 2 aliphatic rings. The number of guanidine groups is 1. The SMILES string of the molecule is CCNC(=NCC(=O)N1CCCC1)NCC1Cc2ccccc21.I. The summed E-state index contributed by atoms with van der Waals surface area (Å²) in [4.78, 5) is 18.4. The molecule has 1 aliphatic carbocycles. The highest BCUT2D eigenvalue weighted by Crippen LogP contribution is 2.33. The van der Waals surface area contributed by atoms with Crippen LogP contribution in [0, 0.1) is 0 Å². The van der Waals surface area contributed by atoms with E-state index in [1.165, 1.54) is 11.1 Å². The van der Waals surface area contributed by atoms with E-state index in [0.29, 0.717) is 5.92 Å². The van der Waals surface area contributed by atoms with E-state index in [1.807, 2.05) is 11.8 Å². The fourth-order valence-corrected chi connectivity index (χ4v) is 3.32. The van der Waals surface area contributed by atoms with Gasteiger partial charge in [0.15, 0.2) is 5.96 Å². The Hall–Kier alpha value is -1.31. The van der Waals surface area contributed by atoms with E-state index in [4.69, 9.17) is 0 Å². The summed E-state index contributed by atoms with van der Waals surface area (Å²) in [5, 5.41) is 6.60. The van der Waals surface area contributed by atoms with Crippen LogP contribution in [0.1, 0.15) is 36.8 Å². The number of aliphatic imine (C=N–C) groups is 1. The lowest BCUT2D eigenvalue weighted by Crippen LogP contribution is -2.42. The number of carbonyl (C=O) groups excluding carboxylic acids is 1. The van der Waals surface area contributed by atoms with Gasteiger partial charge < -0.3 is 15.5 Å². The van der Waals surface area contributed by atoms with Gasteiger partial charge in [0.2, 0.25) is 5.91 Å². The van der Waals surface area contributed by atoms with Crippen molar-refractivity contribution in [2.45, 2.75) is 32.1 Å². The number of benzene rings is 1. The monoisotopic (exact) mass is 442 g/mol. The second-order valence-electron chi connectivity index (χ2n) is 6.26. The third-order valence-corrected chi connectivity index (χ3v) is 4.65. The number of carbonyl (C=O) groups is 1. The van der Waals surface area contributed by atoms with E-state index < -0.39 is 0 Å². The van der Waals surface area contributed by atoms with Crippen molar-refractivity contribution in [3.8, 4) is 0 Å². The number of nitrogens with one attached hydrogen (secondary N) is 2. The van der Waals surface area contributed by atoms with Gasteiger partial charge in [0, 0.05) is 32.1 Å². The first-order chi connectivity index (χ1) is 11.3. The molecule has 0 spiro atoms. The van der Waals surface area contributed by atoms with Gasteiger partial charge >= 0.3 is 0 Å². The van der Waals surface area contributed by atoms with Crippen LogP contribution in [0.5, 0.6) is 0 Å². The van der Waals surface area contributed by atoms with Crippen molar-refractivity contribution in [3.63, 3.8) is 0 Å². The topological polar surface area (TPSA) is 56.7 Å². The van der Waals surface area contributed by atoms with Crippen LogP contribution in [0.25, 0.3) is 0 Å². The van der Waals surface area contributed by atoms with Gasteiger partial charge in [-0.05, 0) is 37.3 Å². The van der Waals surface area contributed by atoms with E-state index in [1.54, 1.807) is 0 Å². The predicted octanol–water partition coefficient (Wildman–Crippen LogP) is 2.12. The van der Waals surface area contributed by atoms with Gasteiger partial charge in [0.25, 0.3) is 0 Å².